The topological polar surface area (TPSA) is 64.3 Å². The zero-order valence-electron chi connectivity index (χ0n) is 20.1. The van der Waals surface area contributed by atoms with E-state index in [0.717, 1.165) is 57.2 Å². The first-order valence-electron chi connectivity index (χ1n) is 11.5. The number of ether oxygens (including phenoxy) is 1. The minimum Gasteiger partial charge on any atom is -0.491 e. The number of carbonyl (C=O) groups is 1. The molecule has 0 heterocycles. The van der Waals surface area contributed by atoms with Crippen LogP contribution in [0.3, 0.4) is 0 Å². The molecule has 0 aromatic carbocycles. The molecule has 3 N–H and O–H groups in total. The van der Waals surface area contributed by atoms with Crippen molar-refractivity contribution in [3.63, 3.8) is 0 Å². The molecule has 0 amide bonds. The van der Waals surface area contributed by atoms with E-state index in [1.54, 1.807) is 7.11 Å². The standard InChI is InChI=1S/C26H44N2O2/c1-19(2)10-7-11-20(3)12-8-13-21(4)14-15-23-18-24(28-17-9-16-27)26(30-6)25(29)22(23)5/h10,12,14,22-23,28H,7-9,11,13,15-18,27H2,1-6H3/b20-12+,21-14+/t22?,23-/m1/s1. The van der Waals surface area contributed by atoms with Crippen LogP contribution in [-0.4, -0.2) is 26.0 Å². The molecule has 1 unspecified atom stereocenters. The number of methoxy groups -OCH3 is 1. The molecule has 4 heteroatoms. The van der Waals surface area contributed by atoms with Crippen molar-refractivity contribution in [3.05, 3.63) is 46.4 Å². The highest BCUT2D eigenvalue weighted by Crippen LogP contribution is 2.33. The van der Waals surface area contributed by atoms with Gasteiger partial charge in [-0.05, 0) is 85.1 Å². The van der Waals surface area contributed by atoms with Gasteiger partial charge in [-0.25, -0.2) is 0 Å². The van der Waals surface area contributed by atoms with Gasteiger partial charge in [-0.1, -0.05) is 41.9 Å². The molecule has 170 valence electrons. The molecule has 2 atom stereocenters. The number of rotatable bonds is 13. The summed E-state index contributed by atoms with van der Waals surface area (Å²) in [6.45, 7) is 12.2. The van der Waals surface area contributed by atoms with Gasteiger partial charge in [-0.15, -0.1) is 0 Å². The Labute approximate surface area is 184 Å². The Morgan fingerprint density at radius 1 is 1.10 bits per heavy atom. The molecule has 0 fully saturated rings. The van der Waals surface area contributed by atoms with Crippen molar-refractivity contribution < 1.29 is 9.53 Å². The predicted octanol–water partition coefficient (Wildman–Crippen LogP) is 5.82. The molecule has 1 aliphatic rings. The lowest BCUT2D eigenvalue weighted by molar-refractivity contribution is -0.124. The number of hydrogen-bond acceptors (Lipinski definition) is 4. The van der Waals surface area contributed by atoms with E-state index in [-0.39, 0.29) is 11.7 Å². The number of hydrogen-bond donors (Lipinski definition) is 2. The van der Waals surface area contributed by atoms with Gasteiger partial charge in [-0.2, -0.15) is 0 Å². The van der Waals surface area contributed by atoms with Crippen LogP contribution in [0.4, 0.5) is 0 Å². The minimum absolute atomic E-state index is 0.0127. The van der Waals surface area contributed by atoms with Crippen LogP contribution in [0.1, 0.15) is 79.6 Å². The smallest absolute Gasteiger partial charge is 0.202 e. The number of carbonyl (C=O) groups excluding carboxylic acids is 1. The lowest BCUT2D eigenvalue weighted by Crippen LogP contribution is -2.34. The third-order valence-corrected chi connectivity index (χ3v) is 5.90. The van der Waals surface area contributed by atoms with E-state index in [1.807, 2.05) is 6.92 Å². The van der Waals surface area contributed by atoms with Gasteiger partial charge < -0.3 is 15.8 Å². The fourth-order valence-electron chi connectivity index (χ4n) is 3.80. The van der Waals surface area contributed by atoms with E-state index in [1.165, 1.54) is 16.7 Å². The summed E-state index contributed by atoms with van der Waals surface area (Å²) in [5.41, 5.74) is 10.8. The SMILES string of the molecule is COC1=C(NCCCN)C[C@@H](C/C=C(\C)CC/C=C(\C)CCC=C(C)C)C(C)C1=O. The number of allylic oxidation sites excluding steroid dienone is 8. The second-order valence-electron chi connectivity index (χ2n) is 8.89. The molecule has 0 aliphatic heterocycles. The highest BCUT2D eigenvalue weighted by Gasteiger charge is 2.34. The van der Waals surface area contributed by atoms with Crippen molar-refractivity contribution in [3.8, 4) is 0 Å². The molecular weight excluding hydrogens is 372 g/mol. The molecule has 0 bridgehead atoms. The molecule has 0 aromatic heterocycles. The second kappa shape index (κ2) is 14.2. The maximum absolute atomic E-state index is 12.7. The van der Waals surface area contributed by atoms with Crippen molar-refractivity contribution in [2.45, 2.75) is 79.6 Å². The van der Waals surface area contributed by atoms with Crippen molar-refractivity contribution in [2.24, 2.45) is 17.6 Å². The molecule has 1 rings (SSSR count). The zero-order valence-corrected chi connectivity index (χ0v) is 20.1. The largest absolute Gasteiger partial charge is 0.491 e. The third-order valence-electron chi connectivity index (χ3n) is 5.90. The summed E-state index contributed by atoms with van der Waals surface area (Å²) >= 11 is 0. The Morgan fingerprint density at radius 3 is 2.33 bits per heavy atom. The predicted molar refractivity (Wildman–Crippen MR) is 128 cm³/mol. The van der Waals surface area contributed by atoms with Crippen LogP contribution in [0, 0.1) is 11.8 Å². The molecule has 0 saturated carbocycles. The fourth-order valence-corrected chi connectivity index (χ4v) is 3.80. The Bertz CT molecular complexity index is 667. The van der Waals surface area contributed by atoms with Gasteiger partial charge in [-0.3, -0.25) is 4.79 Å². The number of nitrogens with one attached hydrogen (secondary N) is 1. The normalized spacial score (nSPS) is 20.4. The van der Waals surface area contributed by atoms with Gasteiger partial charge >= 0.3 is 0 Å². The van der Waals surface area contributed by atoms with Gasteiger partial charge in [0.15, 0.2) is 5.76 Å². The van der Waals surface area contributed by atoms with Crippen LogP contribution < -0.4 is 11.1 Å². The van der Waals surface area contributed by atoms with E-state index in [0.29, 0.717) is 18.2 Å². The van der Waals surface area contributed by atoms with Gasteiger partial charge in [0.05, 0.1) is 12.8 Å². The summed E-state index contributed by atoms with van der Waals surface area (Å²) < 4.78 is 5.42. The van der Waals surface area contributed by atoms with Crippen molar-refractivity contribution in [1.29, 1.82) is 0 Å². The lowest BCUT2D eigenvalue weighted by Gasteiger charge is -2.30. The maximum atomic E-state index is 12.7. The molecule has 0 saturated heterocycles. The van der Waals surface area contributed by atoms with E-state index in [9.17, 15) is 4.79 Å². The molecule has 0 spiro atoms. The summed E-state index contributed by atoms with van der Waals surface area (Å²) in [6, 6.07) is 0. The van der Waals surface area contributed by atoms with E-state index < -0.39 is 0 Å². The molecule has 0 aromatic rings. The molecular formula is C26H44N2O2. The van der Waals surface area contributed by atoms with E-state index in [4.69, 9.17) is 10.5 Å². The fraction of sp³-hybridized carbons (Fsp3) is 0.654. The summed E-state index contributed by atoms with van der Waals surface area (Å²) in [5.74, 6) is 0.921. The van der Waals surface area contributed by atoms with Crippen LogP contribution in [0.15, 0.2) is 46.4 Å². The number of nitrogens with two attached hydrogens (primary N) is 1. The number of ketones is 1. The van der Waals surface area contributed by atoms with Crippen LogP contribution in [0.25, 0.3) is 0 Å². The van der Waals surface area contributed by atoms with E-state index >= 15 is 0 Å². The molecule has 4 nitrogen and oxygen atoms in total. The third kappa shape index (κ3) is 9.34. The monoisotopic (exact) mass is 416 g/mol. The quantitative estimate of drug-likeness (QED) is 0.293. The first-order valence-corrected chi connectivity index (χ1v) is 11.5. The highest BCUT2D eigenvalue weighted by atomic mass is 16.5. The average Bonchev–Trinajstić information content (AvgIpc) is 2.69. The molecule has 0 radical (unpaired) electrons. The first-order chi connectivity index (χ1) is 14.3. The van der Waals surface area contributed by atoms with Crippen LogP contribution in [-0.2, 0) is 9.53 Å². The number of Topliss-reactive ketones (excluding diaryl/α,β-unsaturated/α-hetero) is 1. The Kier molecular flexibility index (Phi) is 12.4. The van der Waals surface area contributed by atoms with Crippen LogP contribution in [0.5, 0.6) is 0 Å². The van der Waals surface area contributed by atoms with Gasteiger partial charge in [0.2, 0.25) is 5.78 Å². The van der Waals surface area contributed by atoms with Crippen molar-refractivity contribution in [2.75, 3.05) is 20.2 Å². The highest BCUT2D eigenvalue weighted by molar-refractivity contribution is 5.96. The first kappa shape index (κ1) is 26.2. The van der Waals surface area contributed by atoms with Gasteiger partial charge in [0.25, 0.3) is 0 Å². The second-order valence-corrected chi connectivity index (χ2v) is 8.89. The lowest BCUT2D eigenvalue weighted by atomic mass is 9.78. The summed E-state index contributed by atoms with van der Waals surface area (Å²) in [4.78, 5) is 12.7. The van der Waals surface area contributed by atoms with E-state index in [2.05, 4.69) is 51.2 Å². The van der Waals surface area contributed by atoms with Gasteiger partial charge in [0.1, 0.15) is 0 Å². The minimum atomic E-state index is -0.0127. The van der Waals surface area contributed by atoms with Crippen LogP contribution >= 0.6 is 0 Å². The summed E-state index contributed by atoms with van der Waals surface area (Å²) in [7, 11) is 1.59. The van der Waals surface area contributed by atoms with Crippen molar-refractivity contribution >= 4 is 5.78 Å². The Balaban J connectivity index is 2.60. The zero-order chi connectivity index (χ0) is 22.5. The van der Waals surface area contributed by atoms with Crippen molar-refractivity contribution in [1.82, 2.24) is 5.32 Å². The molecule has 30 heavy (non-hydrogen) atoms. The van der Waals surface area contributed by atoms with Crippen LogP contribution in [0.2, 0.25) is 0 Å². The molecule has 1 aliphatic carbocycles. The summed E-state index contributed by atoms with van der Waals surface area (Å²) in [5, 5.41) is 3.38. The van der Waals surface area contributed by atoms with Gasteiger partial charge in [0, 0.05) is 12.5 Å². The Morgan fingerprint density at radius 2 is 1.73 bits per heavy atom. The summed E-state index contributed by atoms with van der Waals surface area (Å²) in [6.07, 6.45) is 14.1. The Hall–Kier alpha value is -1.81. The maximum Gasteiger partial charge on any atom is 0.202 e. The average molecular weight is 417 g/mol.